The first kappa shape index (κ1) is 24.9. The Morgan fingerprint density at radius 2 is 1.91 bits per heavy atom. The van der Waals surface area contributed by atoms with Gasteiger partial charge in [0.1, 0.15) is 5.82 Å². The molecule has 1 amide bonds. The Balaban J connectivity index is 1.95. The quantitative estimate of drug-likeness (QED) is 0.378. The number of thiophene rings is 1. The molecule has 2 heterocycles. The van der Waals surface area contributed by atoms with Crippen molar-refractivity contribution in [1.82, 2.24) is 14.9 Å². The summed E-state index contributed by atoms with van der Waals surface area (Å²) in [4.78, 5) is 30.4. The lowest BCUT2D eigenvalue weighted by Gasteiger charge is -2.23. The highest BCUT2D eigenvalue weighted by Gasteiger charge is 2.28. The van der Waals surface area contributed by atoms with Crippen LogP contribution < -0.4 is 5.32 Å². The first-order chi connectivity index (χ1) is 15.7. The number of imidazole rings is 1. The van der Waals surface area contributed by atoms with Gasteiger partial charge < -0.3 is 20.1 Å². The van der Waals surface area contributed by atoms with Crippen LogP contribution in [0.2, 0.25) is 0 Å². The van der Waals surface area contributed by atoms with Crippen LogP contribution in [0, 0.1) is 5.92 Å². The van der Waals surface area contributed by atoms with E-state index < -0.39 is 24.0 Å². The fourth-order valence-corrected chi connectivity index (χ4v) is 4.94. The van der Waals surface area contributed by atoms with E-state index in [0.29, 0.717) is 18.0 Å². The molecule has 0 fully saturated rings. The van der Waals surface area contributed by atoms with E-state index in [1.165, 1.54) is 4.88 Å². The van der Waals surface area contributed by atoms with Gasteiger partial charge in [-0.05, 0) is 54.8 Å². The molecule has 0 aliphatic rings. The standard InChI is InChI=1S/C25H33N3O4S/c1-5-17(6-2)28-21-10-9-16(13-19(21)26-22(28)14-18-8-7-11-33-18)24(30)27-20(12-15(3)4)23(29)25(31)32/h7-11,13,15,17,20,23,29H,5-6,12,14H2,1-4H3,(H,27,30)(H,31,32)/t20-,23-/m0/s1. The molecule has 2 aromatic heterocycles. The van der Waals surface area contributed by atoms with Crippen molar-refractivity contribution < 1.29 is 19.8 Å². The molecule has 0 saturated carbocycles. The monoisotopic (exact) mass is 471 g/mol. The number of aliphatic hydroxyl groups is 1. The van der Waals surface area contributed by atoms with Crippen LogP contribution >= 0.6 is 11.3 Å². The van der Waals surface area contributed by atoms with Gasteiger partial charge in [-0.15, -0.1) is 11.3 Å². The number of aliphatic carboxylic acids is 1. The molecule has 0 aliphatic carbocycles. The normalized spacial score (nSPS) is 13.5. The first-order valence-corrected chi connectivity index (χ1v) is 12.4. The van der Waals surface area contributed by atoms with Crippen LogP contribution in [0.4, 0.5) is 0 Å². The summed E-state index contributed by atoms with van der Waals surface area (Å²) in [6.45, 7) is 8.16. The van der Waals surface area contributed by atoms with E-state index in [4.69, 9.17) is 4.98 Å². The minimum absolute atomic E-state index is 0.113. The van der Waals surface area contributed by atoms with Crippen LogP contribution in [0.3, 0.4) is 0 Å². The Labute approximate surface area is 198 Å². The van der Waals surface area contributed by atoms with Gasteiger partial charge in [0.25, 0.3) is 5.91 Å². The van der Waals surface area contributed by atoms with Crippen molar-refractivity contribution in [2.45, 2.75) is 71.6 Å². The van der Waals surface area contributed by atoms with E-state index in [9.17, 15) is 19.8 Å². The third kappa shape index (κ3) is 5.81. The van der Waals surface area contributed by atoms with Gasteiger partial charge in [-0.3, -0.25) is 4.79 Å². The lowest BCUT2D eigenvalue weighted by molar-refractivity contribution is -0.148. The minimum atomic E-state index is -1.66. The molecule has 0 saturated heterocycles. The number of aliphatic hydroxyl groups excluding tert-OH is 1. The zero-order chi connectivity index (χ0) is 24.1. The van der Waals surface area contributed by atoms with Gasteiger partial charge in [-0.1, -0.05) is 33.8 Å². The highest BCUT2D eigenvalue weighted by atomic mass is 32.1. The second-order valence-electron chi connectivity index (χ2n) is 8.82. The number of carboxylic acid groups (broad SMARTS) is 1. The smallest absolute Gasteiger partial charge is 0.334 e. The number of carbonyl (C=O) groups is 2. The largest absolute Gasteiger partial charge is 0.479 e. The number of amides is 1. The summed E-state index contributed by atoms with van der Waals surface area (Å²) in [5.41, 5.74) is 2.11. The van der Waals surface area contributed by atoms with Gasteiger partial charge in [-0.2, -0.15) is 0 Å². The van der Waals surface area contributed by atoms with E-state index in [-0.39, 0.29) is 5.92 Å². The summed E-state index contributed by atoms with van der Waals surface area (Å²) < 4.78 is 2.28. The van der Waals surface area contributed by atoms with Gasteiger partial charge >= 0.3 is 5.97 Å². The van der Waals surface area contributed by atoms with Crippen LogP contribution in [0.15, 0.2) is 35.7 Å². The van der Waals surface area contributed by atoms with Crippen molar-refractivity contribution >= 4 is 34.2 Å². The topological polar surface area (TPSA) is 104 Å². The van der Waals surface area contributed by atoms with Crippen molar-refractivity contribution in [3.05, 3.63) is 52.0 Å². The van der Waals surface area contributed by atoms with Crippen LogP contribution in [0.5, 0.6) is 0 Å². The van der Waals surface area contributed by atoms with E-state index in [0.717, 1.165) is 36.1 Å². The summed E-state index contributed by atoms with van der Waals surface area (Å²) in [5.74, 6) is -0.682. The molecule has 0 radical (unpaired) electrons. The lowest BCUT2D eigenvalue weighted by atomic mass is 9.98. The van der Waals surface area contributed by atoms with Gasteiger partial charge in [-0.25, -0.2) is 9.78 Å². The zero-order valence-corrected chi connectivity index (χ0v) is 20.4. The molecular formula is C25H33N3O4S. The number of rotatable bonds is 11. The van der Waals surface area contributed by atoms with Gasteiger partial charge in [0.2, 0.25) is 0 Å². The predicted molar refractivity (Wildman–Crippen MR) is 131 cm³/mol. The molecule has 0 spiro atoms. The van der Waals surface area contributed by atoms with Crippen molar-refractivity contribution in [2.75, 3.05) is 0 Å². The molecule has 3 rings (SSSR count). The number of carbonyl (C=O) groups excluding carboxylic acids is 1. The molecule has 3 aromatic rings. The number of hydrogen-bond acceptors (Lipinski definition) is 5. The maximum Gasteiger partial charge on any atom is 0.334 e. The number of nitrogens with one attached hydrogen (secondary N) is 1. The van der Waals surface area contributed by atoms with Crippen molar-refractivity contribution in [2.24, 2.45) is 5.92 Å². The van der Waals surface area contributed by atoms with Crippen LogP contribution in [-0.4, -0.2) is 43.8 Å². The average Bonchev–Trinajstić information content (AvgIpc) is 3.41. The van der Waals surface area contributed by atoms with Gasteiger partial charge in [0.05, 0.1) is 17.1 Å². The SMILES string of the molecule is CCC(CC)n1c(Cc2cccs2)nc2cc(C(=O)N[C@@H](CC(C)C)[C@H](O)C(=O)O)ccc21. The summed E-state index contributed by atoms with van der Waals surface area (Å²) in [5, 5.41) is 24.0. The third-order valence-electron chi connectivity index (χ3n) is 5.92. The number of benzene rings is 1. The number of aromatic nitrogens is 2. The Morgan fingerprint density at radius 1 is 1.18 bits per heavy atom. The molecule has 0 unspecified atom stereocenters. The van der Waals surface area contributed by atoms with E-state index in [1.54, 1.807) is 23.5 Å². The molecular weight excluding hydrogens is 438 g/mol. The Kier molecular flexibility index (Phi) is 8.26. The third-order valence-corrected chi connectivity index (χ3v) is 6.80. The molecule has 7 nitrogen and oxygen atoms in total. The summed E-state index contributed by atoms with van der Waals surface area (Å²) in [6.07, 6.45) is 1.38. The number of carboxylic acids is 1. The molecule has 178 valence electrons. The first-order valence-electron chi connectivity index (χ1n) is 11.5. The highest BCUT2D eigenvalue weighted by Crippen LogP contribution is 2.28. The molecule has 0 bridgehead atoms. The van der Waals surface area contributed by atoms with Gasteiger partial charge in [0, 0.05) is 22.9 Å². The fourth-order valence-electron chi connectivity index (χ4n) is 4.24. The number of fused-ring (bicyclic) bond motifs is 1. The van der Waals surface area contributed by atoms with Crippen LogP contribution in [0.25, 0.3) is 11.0 Å². The lowest BCUT2D eigenvalue weighted by Crippen LogP contribution is -2.47. The van der Waals surface area contributed by atoms with Crippen molar-refractivity contribution in [3.63, 3.8) is 0 Å². The molecule has 1 aromatic carbocycles. The van der Waals surface area contributed by atoms with Gasteiger partial charge in [0.15, 0.2) is 6.10 Å². The molecule has 3 N–H and O–H groups in total. The maximum atomic E-state index is 13.0. The summed E-state index contributed by atoms with van der Waals surface area (Å²) >= 11 is 1.70. The van der Waals surface area contributed by atoms with Crippen molar-refractivity contribution in [1.29, 1.82) is 0 Å². The fraction of sp³-hybridized carbons (Fsp3) is 0.480. The predicted octanol–water partition coefficient (Wildman–Crippen LogP) is 4.64. The number of hydrogen-bond donors (Lipinski definition) is 3. The Morgan fingerprint density at radius 3 is 2.48 bits per heavy atom. The van der Waals surface area contributed by atoms with Crippen LogP contribution in [0.1, 0.15) is 74.1 Å². The summed E-state index contributed by atoms with van der Waals surface area (Å²) in [6, 6.07) is 8.98. The average molecular weight is 472 g/mol. The second kappa shape index (κ2) is 10.9. The number of nitrogens with zero attached hydrogens (tertiary/aromatic N) is 2. The molecule has 33 heavy (non-hydrogen) atoms. The molecule has 0 aliphatic heterocycles. The zero-order valence-electron chi connectivity index (χ0n) is 19.6. The second-order valence-corrected chi connectivity index (χ2v) is 9.85. The molecule has 2 atom stereocenters. The van der Waals surface area contributed by atoms with E-state index >= 15 is 0 Å². The maximum absolute atomic E-state index is 13.0. The van der Waals surface area contributed by atoms with E-state index in [1.807, 2.05) is 26.0 Å². The van der Waals surface area contributed by atoms with Crippen LogP contribution in [-0.2, 0) is 11.2 Å². The van der Waals surface area contributed by atoms with E-state index in [2.05, 4.69) is 35.2 Å². The van der Waals surface area contributed by atoms with Crippen molar-refractivity contribution in [3.8, 4) is 0 Å². The molecule has 8 heteroatoms. The Bertz CT molecular complexity index is 1090. The summed E-state index contributed by atoms with van der Waals surface area (Å²) in [7, 11) is 0. The Hall–Kier alpha value is -2.71. The highest BCUT2D eigenvalue weighted by molar-refractivity contribution is 7.09. The minimum Gasteiger partial charge on any atom is -0.479 e.